The number of benzene rings is 1. The molecule has 2 atom stereocenters. The van der Waals surface area contributed by atoms with E-state index in [0.29, 0.717) is 12.6 Å². The first-order valence-electron chi connectivity index (χ1n) is 6.62. The molecule has 1 aliphatic rings. The Hall–Kier alpha value is -1.46. The van der Waals surface area contributed by atoms with Crippen molar-refractivity contribution in [2.24, 2.45) is 0 Å². The lowest BCUT2D eigenvalue weighted by molar-refractivity contribution is -0.385. The monoisotopic (exact) mass is 264 g/mol. The standard InChI is InChI=1S/C14H20N2O3/c1-10-11(5-3-7-13(10)16(17)18)9-15-12-6-4-8-14(12)19-2/h3,5,7,12,14-15H,4,6,8-9H2,1-2H3. The van der Waals surface area contributed by atoms with Crippen molar-refractivity contribution in [1.82, 2.24) is 5.32 Å². The molecule has 0 radical (unpaired) electrons. The van der Waals surface area contributed by atoms with Crippen molar-refractivity contribution >= 4 is 5.69 Å². The molecule has 2 rings (SSSR count). The first-order valence-corrected chi connectivity index (χ1v) is 6.62. The third kappa shape index (κ3) is 3.11. The molecule has 1 aromatic carbocycles. The van der Waals surface area contributed by atoms with Gasteiger partial charge in [0.15, 0.2) is 0 Å². The number of nitrogens with one attached hydrogen (secondary N) is 1. The summed E-state index contributed by atoms with van der Waals surface area (Å²) in [5, 5.41) is 14.4. The molecule has 0 aromatic heterocycles. The molecule has 0 bridgehead atoms. The highest BCUT2D eigenvalue weighted by atomic mass is 16.6. The van der Waals surface area contributed by atoms with E-state index in [1.807, 2.05) is 6.07 Å². The maximum atomic E-state index is 10.9. The third-order valence-corrected chi connectivity index (χ3v) is 3.92. The fourth-order valence-corrected chi connectivity index (χ4v) is 2.74. The number of rotatable bonds is 5. The number of hydrogen-bond donors (Lipinski definition) is 1. The zero-order valence-corrected chi connectivity index (χ0v) is 11.4. The molecule has 0 aliphatic heterocycles. The number of methoxy groups -OCH3 is 1. The summed E-state index contributed by atoms with van der Waals surface area (Å²) >= 11 is 0. The lowest BCUT2D eigenvalue weighted by atomic mass is 10.1. The summed E-state index contributed by atoms with van der Waals surface area (Å²) < 4.78 is 5.43. The molecule has 0 saturated heterocycles. The Morgan fingerprint density at radius 2 is 2.26 bits per heavy atom. The average molecular weight is 264 g/mol. The molecular formula is C14H20N2O3. The predicted molar refractivity (Wildman–Crippen MR) is 73.1 cm³/mol. The van der Waals surface area contributed by atoms with Gasteiger partial charge in [-0.2, -0.15) is 0 Å². The molecule has 19 heavy (non-hydrogen) atoms. The van der Waals surface area contributed by atoms with Crippen molar-refractivity contribution in [3.05, 3.63) is 39.4 Å². The van der Waals surface area contributed by atoms with E-state index in [-0.39, 0.29) is 16.7 Å². The second-order valence-electron chi connectivity index (χ2n) is 5.01. The Labute approximate surface area is 113 Å². The summed E-state index contributed by atoms with van der Waals surface area (Å²) in [6.07, 6.45) is 3.62. The minimum absolute atomic E-state index is 0.189. The molecule has 5 heteroatoms. The normalized spacial score (nSPS) is 22.6. The topological polar surface area (TPSA) is 64.4 Å². The summed E-state index contributed by atoms with van der Waals surface area (Å²) in [5.41, 5.74) is 1.91. The first kappa shape index (κ1) is 14.0. The Morgan fingerprint density at radius 3 is 2.95 bits per heavy atom. The van der Waals surface area contributed by atoms with Crippen LogP contribution in [-0.4, -0.2) is 24.2 Å². The molecule has 0 spiro atoms. The molecule has 2 unspecified atom stereocenters. The molecule has 5 nitrogen and oxygen atoms in total. The second kappa shape index (κ2) is 6.12. The van der Waals surface area contributed by atoms with Crippen molar-refractivity contribution in [2.45, 2.75) is 44.9 Å². The summed E-state index contributed by atoms with van der Waals surface area (Å²) in [5.74, 6) is 0. The van der Waals surface area contributed by atoms with E-state index in [2.05, 4.69) is 5.32 Å². The van der Waals surface area contributed by atoms with E-state index in [9.17, 15) is 10.1 Å². The van der Waals surface area contributed by atoms with Crippen molar-refractivity contribution in [2.75, 3.05) is 7.11 Å². The molecule has 1 aliphatic carbocycles. The van der Waals surface area contributed by atoms with E-state index in [1.54, 1.807) is 26.2 Å². The van der Waals surface area contributed by atoms with Crippen LogP contribution < -0.4 is 5.32 Å². The molecule has 1 fully saturated rings. The highest BCUT2D eigenvalue weighted by Crippen LogP contribution is 2.24. The van der Waals surface area contributed by atoms with Crippen LogP contribution in [-0.2, 0) is 11.3 Å². The maximum Gasteiger partial charge on any atom is 0.272 e. The van der Waals surface area contributed by atoms with Gasteiger partial charge in [0.05, 0.1) is 11.0 Å². The van der Waals surface area contributed by atoms with Gasteiger partial charge >= 0.3 is 0 Å². The van der Waals surface area contributed by atoms with Gasteiger partial charge in [-0.15, -0.1) is 0 Å². The fourth-order valence-electron chi connectivity index (χ4n) is 2.74. The Morgan fingerprint density at radius 1 is 1.47 bits per heavy atom. The summed E-state index contributed by atoms with van der Waals surface area (Å²) in [6.45, 7) is 2.45. The lowest BCUT2D eigenvalue weighted by Crippen LogP contribution is -2.36. The summed E-state index contributed by atoms with van der Waals surface area (Å²) in [6, 6.07) is 5.58. The van der Waals surface area contributed by atoms with Gasteiger partial charge in [0.1, 0.15) is 0 Å². The number of nitro benzene ring substituents is 1. The first-order chi connectivity index (χ1) is 9.13. The number of nitrogens with zero attached hydrogens (tertiary/aromatic N) is 1. The highest BCUT2D eigenvalue weighted by molar-refractivity contribution is 5.44. The van der Waals surface area contributed by atoms with Crippen LogP contribution in [0.5, 0.6) is 0 Å². The summed E-state index contributed by atoms with van der Waals surface area (Å²) in [7, 11) is 1.74. The number of hydrogen-bond acceptors (Lipinski definition) is 4. The zero-order chi connectivity index (χ0) is 13.8. The van der Waals surface area contributed by atoms with Gasteiger partial charge in [-0.1, -0.05) is 12.1 Å². The number of nitro groups is 1. The van der Waals surface area contributed by atoms with Crippen LogP contribution in [0.3, 0.4) is 0 Å². The fraction of sp³-hybridized carbons (Fsp3) is 0.571. The Kier molecular flexibility index (Phi) is 4.50. The van der Waals surface area contributed by atoms with Crippen molar-refractivity contribution in [1.29, 1.82) is 0 Å². The van der Waals surface area contributed by atoms with E-state index in [4.69, 9.17) is 4.74 Å². The average Bonchev–Trinajstić information content (AvgIpc) is 2.84. The van der Waals surface area contributed by atoms with E-state index in [0.717, 1.165) is 24.0 Å². The van der Waals surface area contributed by atoms with Crippen LogP contribution in [0.15, 0.2) is 18.2 Å². The van der Waals surface area contributed by atoms with Gasteiger partial charge < -0.3 is 10.1 Å². The van der Waals surface area contributed by atoms with Crippen LogP contribution in [0.25, 0.3) is 0 Å². The molecule has 1 saturated carbocycles. The lowest BCUT2D eigenvalue weighted by Gasteiger charge is -2.20. The molecule has 0 heterocycles. The Balaban J connectivity index is 2.03. The van der Waals surface area contributed by atoms with Crippen molar-refractivity contribution < 1.29 is 9.66 Å². The van der Waals surface area contributed by atoms with Gasteiger partial charge in [-0.25, -0.2) is 0 Å². The smallest absolute Gasteiger partial charge is 0.272 e. The second-order valence-corrected chi connectivity index (χ2v) is 5.01. The SMILES string of the molecule is COC1CCCC1NCc1cccc([N+](=O)[O-])c1C. The Bertz CT molecular complexity index is 462. The largest absolute Gasteiger partial charge is 0.380 e. The van der Waals surface area contributed by atoms with Crippen LogP contribution >= 0.6 is 0 Å². The van der Waals surface area contributed by atoms with E-state index in [1.165, 1.54) is 6.42 Å². The predicted octanol–water partition coefficient (Wildman–Crippen LogP) is 2.56. The molecule has 104 valence electrons. The van der Waals surface area contributed by atoms with Crippen molar-refractivity contribution in [3.63, 3.8) is 0 Å². The molecular weight excluding hydrogens is 244 g/mol. The van der Waals surface area contributed by atoms with Gasteiger partial charge in [-0.3, -0.25) is 10.1 Å². The molecule has 1 aromatic rings. The minimum atomic E-state index is -0.327. The van der Waals surface area contributed by atoms with Crippen LogP contribution in [0.4, 0.5) is 5.69 Å². The van der Waals surface area contributed by atoms with E-state index < -0.39 is 0 Å². The summed E-state index contributed by atoms with van der Waals surface area (Å²) in [4.78, 5) is 10.6. The molecule has 1 N–H and O–H groups in total. The highest BCUT2D eigenvalue weighted by Gasteiger charge is 2.26. The van der Waals surface area contributed by atoms with Gasteiger partial charge in [0, 0.05) is 31.3 Å². The van der Waals surface area contributed by atoms with Crippen LogP contribution in [0, 0.1) is 17.0 Å². The quantitative estimate of drug-likeness (QED) is 0.655. The maximum absolute atomic E-state index is 10.9. The molecule has 0 amide bonds. The minimum Gasteiger partial charge on any atom is -0.380 e. The van der Waals surface area contributed by atoms with Crippen molar-refractivity contribution in [3.8, 4) is 0 Å². The van der Waals surface area contributed by atoms with Gasteiger partial charge in [0.2, 0.25) is 0 Å². The van der Waals surface area contributed by atoms with Crippen LogP contribution in [0.1, 0.15) is 30.4 Å². The van der Waals surface area contributed by atoms with E-state index >= 15 is 0 Å². The van der Waals surface area contributed by atoms with Crippen LogP contribution in [0.2, 0.25) is 0 Å². The van der Waals surface area contributed by atoms with Gasteiger partial charge in [0.25, 0.3) is 5.69 Å². The third-order valence-electron chi connectivity index (χ3n) is 3.92. The van der Waals surface area contributed by atoms with Gasteiger partial charge in [-0.05, 0) is 31.7 Å². The zero-order valence-electron chi connectivity index (χ0n) is 11.4. The number of ether oxygens (including phenoxy) is 1.